The summed E-state index contributed by atoms with van der Waals surface area (Å²) in [6.07, 6.45) is 3.15. The highest BCUT2D eigenvalue weighted by Crippen LogP contribution is 2.28. The van der Waals surface area contributed by atoms with Crippen molar-refractivity contribution in [3.8, 4) is 0 Å². The zero-order valence-electron chi connectivity index (χ0n) is 15.4. The lowest BCUT2D eigenvalue weighted by Crippen LogP contribution is -2.62. The first-order valence-corrected chi connectivity index (χ1v) is 10.9. The molecule has 2 aliphatic heterocycles. The number of hydrogen-bond acceptors (Lipinski definition) is 6. The van der Waals surface area contributed by atoms with E-state index in [1.165, 1.54) is 6.20 Å². The fraction of sp³-hybridized carbons (Fsp3) is 0.444. The molecule has 0 bridgehead atoms. The minimum Gasteiger partial charge on any atom is -0.333 e. The standard InChI is InChI=1S/C18H21N5O4S/c1-13-5-7-20-23(13)10-17(24)21-8-9-22(16-12-28(26,27)11-15(16)21)18(25)14-4-2-3-6-19-14/h2-7,15-16H,8-12H2,1H3/t15-,16+/m0/s1. The molecular formula is C18H21N5O4S. The number of rotatable bonds is 3. The highest BCUT2D eigenvalue weighted by molar-refractivity contribution is 7.91. The van der Waals surface area contributed by atoms with Gasteiger partial charge in [-0.25, -0.2) is 8.42 Å². The first kappa shape index (κ1) is 18.6. The predicted octanol–water partition coefficient (Wildman–Crippen LogP) is -0.263. The third-order valence-corrected chi connectivity index (χ3v) is 7.05. The summed E-state index contributed by atoms with van der Waals surface area (Å²) in [5.41, 5.74) is 1.13. The van der Waals surface area contributed by atoms with Crippen molar-refractivity contribution in [3.05, 3.63) is 48.0 Å². The highest BCUT2D eigenvalue weighted by Gasteiger charge is 2.49. The van der Waals surface area contributed by atoms with E-state index in [-0.39, 0.29) is 48.6 Å². The maximum absolute atomic E-state index is 12.9. The normalized spacial score (nSPS) is 23.5. The summed E-state index contributed by atoms with van der Waals surface area (Å²) in [4.78, 5) is 33.0. The Morgan fingerprint density at radius 2 is 1.79 bits per heavy atom. The van der Waals surface area contributed by atoms with Gasteiger partial charge in [0, 0.05) is 31.2 Å². The van der Waals surface area contributed by atoms with Crippen LogP contribution in [0.4, 0.5) is 0 Å². The Bertz CT molecular complexity index is 1000. The van der Waals surface area contributed by atoms with E-state index in [1.807, 2.05) is 6.92 Å². The van der Waals surface area contributed by atoms with E-state index < -0.39 is 21.9 Å². The van der Waals surface area contributed by atoms with Gasteiger partial charge in [-0.1, -0.05) is 6.07 Å². The van der Waals surface area contributed by atoms with Gasteiger partial charge in [-0.2, -0.15) is 5.10 Å². The van der Waals surface area contributed by atoms with Crippen molar-refractivity contribution in [2.75, 3.05) is 24.6 Å². The summed E-state index contributed by atoms with van der Waals surface area (Å²) in [5.74, 6) is -0.763. The fourth-order valence-electron chi connectivity index (χ4n) is 3.93. The van der Waals surface area contributed by atoms with E-state index in [2.05, 4.69) is 10.1 Å². The Morgan fingerprint density at radius 1 is 1.07 bits per heavy atom. The predicted molar refractivity (Wildman–Crippen MR) is 100 cm³/mol. The molecule has 0 aromatic carbocycles. The summed E-state index contributed by atoms with van der Waals surface area (Å²) in [7, 11) is -3.34. The lowest BCUT2D eigenvalue weighted by Gasteiger charge is -2.43. The molecule has 2 aromatic heterocycles. The van der Waals surface area contributed by atoms with Gasteiger partial charge in [0.05, 0.1) is 23.6 Å². The molecule has 4 rings (SSSR count). The lowest BCUT2D eigenvalue weighted by atomic mass is 10.0. The molecule has 0 radical (unpaired) electrons. The topological polar surface area (TPSA) is 105 Å². The SMILES string of the molecule is Cc1ccnn1CC(=O)N1CCN(C(=O)c2ccccn2)[C@@H]2CS(=O)(=O)C[C@@H]21. The largest absolute Gasteiger partial charge is 0.333 e. The van der Waals surface area contributed by atoms with Crippen LogP contribution in [-0.4, -0.2) is 81.5 Å². The molecule has 2 saturated heterocycles. The lowest BCUT2D eigenvalue weighted by molar-refractivity contribution is -0.137. The molecule has 0 N–H and O–H groups in total. The van der Waals surface area contributed by atoms with Crippen LogP contribution in [0.5, 0.6) is 0 Å². The number of pyridine rings is 1. The number of aromatic nitrogens is 3. The number of sulfone groups is 1. The first-order valence-electron chi connectivity index (χ1n) is 9.06. The molecule has 2 fully saturated rings. The van der Waals surface area contributed by atoms with Crippen molar-refractivity contribution in [2.45, 2.75) is 25.6 Å². The van der Waals surface area contributed by atoms with Crippen molar-refractivity contribution < 1.29 is 18.0 Å². The monoisotopic (exact) mass is 403 g/mol. The number of fused-ring (bicyclic) bond motifs is 1. The summed E-state index contributed by atoms with van der Waals surface area (Å²) in [6.45, 7) is 2.47. The Balaban J connectivity index is 1.58. The third kappa shape index (κ3) is 3.39. The van der Waals surface area contributed by atoms with Crippen molar-refractivity contribution >= 4 is 21.7 Å². The number of carbonyl (C=O) groups excluding carboxylic acids is 2. The van der Waals surface area contributed by atoms with Crippen LogP contribution >= 0.6 is 0 Å². The third-order valence-electron chi connectivity index (χ3n) is 5.36. The van der Waals surface area contributed by atoms with Gasteiger partial charge in [0.25, 0.3) is 5.91 Å². The fourth-order valence-corrected chi connectivity index (χ4v) is 5.92. The minimum absolute atomic E-state index is 0.0519. The van der Waals surface area contributed by atoms with E-state index in [4.69, 9.17) is 0 Å². The van der Waals surface area contributed by atoms with Crippen LogP contribution < -0.4 is 0 Å². The van der Waals surface area contributed by atoms with Crippen molar-refractivity contribution in [3.63, 3.8) is 0 Å². The van der Waals surface area contributed by atoms with Crippen LogP contribution in [0.25, 0.3) is 0 Å². The smallest absolute Gasteiger partial charge is 0.272 e. The Labute approximate surface area is 162 Å². The molecular weight excluding hydrogens is 382 g/mol. The molecule has 0 saturated carbocycles. The molecule has 0 spiro atoms. The van der Waals surface area contributed by atoms with E-state index in [9.17, 15) is 18.0 Å². The molecule has 10 heteroatoms. The molecule has 2 amide bonds. The molecule has 0 unspecified atom stereocenters. The highest BCUT2D eigenvalue weighted by atomic mass is 32.2. The van der Waals surface area contributed by atoms with Crippen molar-refractivity contribution in [1.82, 2.24) is 24.6 Å². The second kappa shape index (κ2) is 7.01. The van der Waals surface area contributed by atoms with Gasteiger partial charge >= 0.3 is 0 Å². The van der Waals surface area contributed by atoms with Crippen LogP contribution in [0.2, 0.25) is 0 Å². The van der Waals surface area contributed by atoms with Gasteiger partial charge in [-0.15, -0.1) is 0 Å². The van der Waals surface area contributed by atoms with E-state index >= 15 is 0 Å². The number of nitrogens with zero attached hydrogens (tertiary/aromatic N) is 5. The Morgan fingerprint density at radius 3 is 2.43 bits per heavy atom. The molecule has 4 heterocycles. The second-order valence-electron chi connectivity index (χ2n) is 7.14. The van der Waals surface area contributed by atoms with Gasteiger partial charge in [-0.3, -0.25) is 19.3 Å². The number of hydrogen-bond donors (Lipinski definition) is 0. The molecule has 2 aromatic rings. The zero-order chi connectivity index (χ0) is 19.9. The van der Waals surface area contributed by atoms with Crippen LogP contribution in [0.1, 0.15) is 16.2 Å². The van der Waals surface area contributed by atoms with E-state index in [0.717, 1.165) is 5.69 Å². The minimum atomic E-state index is -3.34. The molecule has 2 atom stereocenters. The maximum Gasteiger partial charge on any atom is 0.272 e. The average Bonchev–Trinajstić information content (AvgIpc) is 3.22. The number of aryl methyl sites for hydroxylation is 1. The van der Waals surface area contributed by atoms with Gasteiger partial charge in [0.1, 0.15) is 12.2 Å². The molecule has 2 aliphatic rings. The van der Waals surface area contributed by atoms with E-state index in [0.29, 0.717) is 0 Å². The zero-order valence-corrected chi connectivity index (χ0v) is 16.2. The van der Waals surface area contributed by atoms with Gasteiger partial charge in [-0.05, 0) is 25.1 Å². The van der Waals surface area contributed by atoms with Gasteiger partial charge in [0.15, 0.2) is 9.84 Å². The Kier molecular flexibility index (Phi) is 4.66. The van der Waals surface area contributed by atoms with Crippen molar-refractivity contribution in [1.29, 1.82) is 0 Å². The molecule has 148 valence electrons. The summed E-state index contributed by atoms with van der Waals surface area (Å²) < 4.78 is 26.3. The van der Waals surface area contributed by atoms with Crippen LogP contribution in [0.3, 0.4) is 0 Å². The average molecular weight is 403 g/mol. The van der Waals surface area contributed by atoms with Crippen LogP contribution in [0, 0.1) is 6.92 Å². The first-order chi connectivity index (χ1) is 13.4. The molecule has 9 nitrogen and oxygen atoms in total. The van der Waals surface area contributed by atoms with Crippen LogP contribution in [0.15, 0.2) is 36.7 Å². The molecule has 28 heavy (non-hydrogen) atoms. The van der Waals surface area contributed by atoms with Gasteiger partial charge in [0.2, 0.25) is 5.91 Å². The number of piperazine rings is 1. The van der Waals surface area contributed by atoms with E-state index in [1.54, 1.807) is 44.9 Å². The van der Waals surface area contributed by atoms with Crippen molar-refractivity contribution in [2.24, 2.45) is 0 Å². The summed E-state index contributed by atoms with van der Waals surface area (Å²) >= 11 is 0. The Hall–Kier alpha value is -2.75. The molecule has 0 aliphatic carbocycles. The van der Waals surface area contributed by atoms with Crippen LogP contribution in [-0.2, 0) is 21.2 Å². The quantitative estimate of drug-likeness (QED) is 0.699. The van der Waals surface area contributed by atoms with Gasteiger partial charge < -0.3 is 9.80 Å². The second-order valence-corrected chi connectivity index (χ2v) is 9.30. The maximum atomic E-state index is 12.9. The number of amides is 2. The summed E-state index contributed by atoms with van der Waals surface area (Å²) in [5, 5.41) is 4.13. The summed E-state index contributed by atoms with van der Waals surface area (Å²) in [6, 6.07) is 5.74. The number of carbonyl (C=O) groups is 2.